The number of piperidine rings is 1. The molecule has 0 aromatic heterocycles. The molecule has 2 fully saturated rings. The van der Waals surface area contributed by atoms with E-state index in [4.69, 9.17) is 0 Å². The summed E-state index contributed by atoms with van der Waals surface area (Å²) in [6.45, 7) is 4.20. The van der Waals surface area contributed by atoms with Crippen LogP contribution in [0.3, 0.4) is 0 Å². The van der Waals surface area contributed by atoms with Crippen molar-refractivity contribution in [2.45, 2.75) is 19.3 Å². The number of carbonyl (C=O) groups excluding carboxylic acids is 1. The summed E-state index contributed by atoms with van der Waals surface area (Å²) in [5, 5.41) is 0. The summed E-state index contributed by atoms with van der Waals surface area (Å²) in [7, 11) is 2.20. The number of carbonyl (C=O) groups is 1. The van der Waals surface area contributed by atoms with Crippen molar-refractivity contribution in [2.75, 3.05) is 33.2 Å². The third kappa shape index (κ3) is 2.52. The minimum absolute atomic E-state index is 0.200. The quantitative estimate of drug-likeness (QED) is 0.771. The van der Waals surface area contributed by atoms with Crippen molar-refractivity contribution in [2.24, 2.45) is 5.41 Å². The van der Waals surface area contributed by atoms with Gasteiger partial charge in [0, 0.05) is 30.6 Å². The van der Waals surface area contributed by atoms with Gasteiger partial charge in [-0.3, -0.25) is 4.79 Å². The van der Waals surface area contributed by atoms with Crippen molar-refractivity contribution in [3.8, 4) is 0 Å². The van der Waals surface area contributed by atoms with Gasteiger partial charge in [0.05, 0.1) is 0 Å². The molecule has 2 aliphatic rings. The Hall–Kier alpha value is -1.35. The molecule has 3 nitrogen and oxygen atoms in total. The van der Waals surface area contributed by atoms with Crippen LogP contribution in [0.15, 0.2) is 30.3 Å². The number of rotatable bonds is 1. The van der Waals surface area contributed by atoms with Gasteiger partial charge < -0.3 is 9.80 Å². The summed E-state index contributed by atoms with van der Waals surface area (Å²) in [5.41, 5.74) is 1.18. The standard InChI is InChI=1S/C16H22N2O/c1-17-10-5-8-16(12-17)9-11-18(13-16)15(19)14-6-3-2-4-7-14/h2-4,6-7H,5,8-13H2,1H3/t16-/m1/s1. The normalized spacial score (nSPS) is 27.9. The van der Waals surface area contributed by atoms with Crippen LogP contribution in [0.4, 0.5) is 0 Å². The smallest absolute Gasteiger partial charge is 0.253 e. The molecule has 3 rings (SSSR count). The van der Waals surface area contributed by atoms with Crippen molar-refractivity contribution in [3.63, 3.8) is 0 Å². The summed E-state index contributed by atoms with van der Waals surface area (Å²) < 4.78 is 0. The Bertz CT molecular complexity index is 459. The number of likely N-dealkylation sites (tertiary alicyclic amines) is 2. The van der Waals surface area contributed by atoms with Crippen molar-refractivity contribution in [1.82, 2.24) is 9.80 Å². The number of hydrogen-bond donors (Lipinski definition) is 0. The average molecular weight is 258 g/mol. The first-order valence-corrected chi connectivity index (χ1v) is 7.21. The zero-order chi connectivity index (χ0) is 13.3. The molecule has 102 valence electrons. The van der Waals surface area contributed by atoms with E-state index in [0.29, 0.717) is 5.41 Å². The molecule has 0 saturated carbocycles. The molecule has 2 heterocycles. The lowest BCUT2D eigenvalue weighted by molar-refractivity contribution is 0.0722. The highest BCUT2D eigenvalue weighted by Crippen LogP contribution is 2.38. The monoisotopic (exact) mass is 258 g/mol. The fourth-order valence-electron chi connectivity index (χ4n) is 3.66. The van der Waals surface area contributed by atoms with E-state index >= 15 is 0 Å². The molecular formula is C16H22N2O. The highest BCUT2D eigenvalue weighted by Gasteiger charge is 2.42. The summed E-state index contributed by atoms with van der Waals surface area (Å²) in [5.74, 6) is 0.200. The van der Waals surface area contributed by atoms with Gasteiger partial charge in [0.15, 0.2) is 0 Å². The predicted molar refractivity (Wildman–Crippen MR) is 76.1 cm³/mol. The fourth-order valence-corrected chi connectivity index (χ4v) is 3.66. The van der Waals surface area contributed by atoms with Gasteiger partial charge in [-0.05, 0) is 45.0 Å². The molecule has 3 heteroatoms. The number of benzene rings is 1. The minimum Gasteiger partial charge on any atom is -0.338 e. The van der Waals surface area contributed by atoms with Gasteiger partial charge in [0.2, 0.25) is 0 Å². The van der Waals surface area contributed by atoms with E-state index in [1.807, 2.05) is 30.3 Å². The predicted octanol–water partition coefficient (Wildman–Crippen LogP) is 2.24. The van der Waals surface area contributed by atoms with Crippen molar-refractivity contribution >= 4 is 5.91 Å². The van der Waals surface area contributed by atoms with E-state index in [9.17, 15) is 4.79 Å². The Morgan fingerprint density at radius 2 is 1.89 bits per heavy atom. The van der Waals surface area contributed by atoms with Gasteiger partial charge in [-0.15, -0.1) is 0 Å². The molecule has 1 aromatic carbocycles. The van der Waals surface area contributed by atoms with Crippen LogP contribution in [0.5, 0.6) is 0 Å². The first-order chi connectivity index (χ1) is 9.19. The molecule has 19 heavy (non-hydrogen) atoms. The van der Waals surface area contributed by atoms with E-state index in [0.717, 1.165) is 31.6 Å². The number of amides is 1. The van der Waals surface area contributed by atoms with E-state index in [1.54, 1.807) is 0 Å². The van der Waals surface area contributed by atoms with Gasteiger partial charge >= 0.3 is 0 Å². The van der Waals surface area contributed by atoms with Crippen LogP contribution in [0.2, 0.25) is 0 Å². The summed E-state index contributed by atoms with van der Waals surface area (Å²) in [6.07, 6.45) is 3.70. The Balaban J connectivity index is 1.70. The molecular weight excluding hydrogens is 236 g/mol. The largest absolute Gasteiger partial charge is 0.338 e. The summed E-state index contributed by atoms with van der Waals surface area (Å²) in [6, 6.07) is 9.67. The van der Waals surface area contributed by atoms with Crippen LogP contribution in [0.25, 0.3) is 0 Å². The molecule has 0 radical (unpaired) electrons. The van der Waals surface area contributed by atoms with Gasteiger partial charge in [0.25, 0.3) is 5.91 Å². The van der Waals surface area contributed by atoms with Crippen LogP contribution in [0.1, 0.15) is 29.6 Å². The lowest BCUT2D eigenvalue weighted by Gasteiger charge is -2.38. The third-order valence-electron chi connectivity index (χ3n) is 4.60. The maximum Gasteiger partial charge on any atom is 0.253 e. The molecule has 1 amide bonds. The van der Waals surface area contributed by atoms with Crippen LogP contribution < -0.4 is 0 Å². The molecule has 2 saturated heterocycles. The lowest BCUT2D eigenvalue weighted by atomic mass is 9.79. The first-order valence-electron chi connectivity index (χ1n) is 7.21. The number of hydrogen-bond acceptors (Lipinski definition) is 2. The molecule has 0 bridgehead atoms. The van der Waals surface area contributed by atoms with E-state index in [1.165, 1.54) is 19.4 Å². The van der Waals surface area contributed by atoms with Crippen molar-refractivity contribution in [1.29, 1.82) is 0 Å². The van der Waals surface area contributed by atoms with Crippen molar-refractivity contribution < 1.29 is 4.79 Å². The van der Waals surface area contributed by atoms with Gasteiger partial charge in [0.1, 0.15) is 0 Å². The van der Waals surface area contributed by atoms with Gasteiger partial charge in [-0.1, -0.05) is 18.2 Å². The maximum absolute atomic E-state index is 12.5. The second-order valence-corrected chi connectivity index (χ2v) is 6.18. The Labute approximate surface area is 115 Å². The molecule has 1 spiro atoms. The van der Waals surface area contributed by atoms with Crippen molar-refractivity contribution in [3.05, 3.63) is 35.9 Å². The summed E-state index contributed by atoms with van der Waals surface area (Å²) >= 11 is 0. The summed E-state index contributed by atoms with van der Waals surface area (Å²) in [4.78, 5) is 16.9. The van der Waals surface area contributed by atoms with Crippen LogP contribution in [-0.4, -0.2) is 48.9 Å². The SMILES string of the molecule is CN1CCC[C@@]2(CCN(C(=O)c3ccccc3)C2)C1. The highest BCUT2D eigenvalue weighted by molar-refractivity contribution is 5.94. The minimum atomic E-state index is 0.200. The Kier molecular flexibility index (Phi) is 3.31. The average Bonchev–Trinajstić information content (AvgIpc) is 2.82. The third-order valence-corrected chi connectivity index (χ3v) is 4.60. The topological polar surface area (TPSA) is 23.6 Å². The first kappa shape index (κ1) is 12.7. The van der Waals surface area contributed by atoms with Crippen LogP contribution >= 0.6 is 0 Å². The van der Waals surface area contributed by atoms with E-state index in [-0.39, 0.29) is 5.91 Å². The van der Waals surface area contributed by atoms with E-state index in [2.05, 4.69) is 16.8 Å². The second-order valence-electron chi connectivity index (χ2n) is 6.18. The van der Waals surface area contributed by atoms with Crippen LogP contribution in [0, 0.1) is 5.41 Å². The highest BCUT2D eigenvalue weighted by atomic mass is 16.2. The Morgan fingerprint density at radius 3 is 2.63 bits per heavy atom. The van der Waals surface area contributed by atoms with Gasteiger partial charge in [-0.25, -0.2) is 0 Å². The number of nitrogens with zero attached hydrogens (tertiary/aromatic N) is 2. The zero-order valence-electron chi connectivity index (χ0n) is 11.6. The molecule has 0 unspecified atom stereocenters. The fraction of sp³-hybridized carbons (Fsp3) is 0.562. The maximum atomic E-state index is 12.5. The molecule has 1 atom stereocenters. The second kappa shape index (κ2) is 4.97. The van der Waals surface area contributed by atoms with Crippen LogP contribution in [-0.2, 0) is 0 Å². The molecule has 0 aliphatic carbocycles. The molecule has 2 aliphatic heterocycles. The Morgan fingerprint density at radius 1 is 1.11 bits per heavy atom. The molecule has 1 aromatic rings. The zero-order valence-corrected chi connectivity index (χ0v) is 11.6. The molecule has 0 N–H and O–H groups in total. The lowest BCUT2D eigenvalue weighted by Crippen LogP contribution is -2.43. The van der Waals surface area contributed by atoms with Gasteiger partial charge in [-0.2, -0.15) is 0 Å². The van der Waals surface area contributed by atoms with E-state index < -0.39 is 0 Å².